The van der Waals surface area contributed by atoms with Gasteiger partial charge in [-0.25, -0.2) is 0 Å². The van der Waals surface area contributed by atoms with Gasteiger partial charge >= 0.3 is 0 Å². The molecule has 108 valence electrons. The average Bonchev–Trinajstić information content (AvgIpc) is 2.65. The Balaban J connectivity index is 2.04. The number of rotatable bonds is 5. The lowest BCUT2D eigenvalue weighted by Gasteiger charge is -2.11. The molecule has 1 N–H and O–H groups in total. The summed E-state index contributed by atoms with van der Waals surface area (Å²) in [6, 6.07) is 6.25. The third-order valence-corrected chi connectivity index (χ3v) is 3.71. The van der Waals surface area contributed by atoms with Crippen molar-refractivity contribution in [1.29, 1.82) is 0 Å². The number of nitrogens with one attached hydrogen (secondary N) is 1. The van der Waals surface area contributed by atoms with Crippen LogP contribution in [0.4, 0.5) is 0 Å². The van der Waals surface area contributed by atoms with Gasteiger partial charge in [0, 0.05) is 37.0 Å². The fourth-order valence-corrected chi connectivity index (χ4v) is 2.44. The first kappa shape index (κ1) is 14.6. The van der Waals surface area contributed by atoms with E-state index in [-0.39, 0.29) is 0 Å². The molecule has 0 bridgehead atoms. The van der Waals surface area contributed by atoms with Crippen LogP contribution in [0.5, 0.6) is 5.75 Å². The summed E-state index contributed by atoms with van der Waals surface area (Å²) in [5, 5.41) is 7.92. The summed E-state index contributed by atoms with van der Waals surface area (Å²) in [6.07, 6.45) is 0. The zero-order valence-corrected chi connectivity index (χ0v) is 12.9. The highest BCUT2D eigenvalue weighted by molar-refractivity contribution is 5.36. The second-order valence-electron chi connectivity index (χ2n) is 5.19. The first-order valence-corrected chi connectivity index (χ1v) is 6.86. The van der Waals surface area contributed by atoms with E-state index in [0.717, 1.165) is 24.5 Å². The summed E-state index contributed by atoms with van der Waals surface area (Å²) >= 11 is 0. The van der Waals surface area contributed by atoms with E-state index >= 15 is 0 Å². The van der Waals surface area contributed by atoms with Crippen molar-refractivity contribution >= 4 is 0 Å². The molecule has 0 radical (unpaired) electrons. The number of aryl methyl sites for hydroxylation is 3. The molecule has 1 heterocycles. The lowest BCUT2D eigenvalue weighted by molar-refractivity contribution is 0.407. The van der Waals surface area contributed by atoms with E-state index in [1.54, 1.807) is 7.11 Å². The minimum atomic E-state index is 0.790. The van der Waals surface area contributed by atoms with Crippen molar-refractivity contribution in [3.63, 3.8) is 0 Å². The van der Waals surface area contributed by atoms with Gasteiger partial charge in [-0.2, -0.15) is 5.10 Å². The second kappa shape index (κ2) is 6.09. The molecule has 0 aliphatic heterocycles. The van der Waals surface area contributed by atoms with Crippen LogP contribution in [0.1, 0.15) is 28.1 Å². The number of nitrogens with zero attached hydrogens (tertiary/aromatic N) is 2. The van der Waals surface area contributed by atoms with Crippen molar-refractivity contribution in [3.05, 3.63) is 46.3 Å². The van der Waals surface area contributed by atoms with E-state index in [0.29, 0.717) is 0 Å². The first-order chi connectivity index (χ1) is 9.52. The molecule has 0 saturated carbocycles. The number of hydrogen-bond acceptors (Lipinski definition) is 3. The molecule has 2 aromatic rings. The van der Waals surface area contributed by atoms with Gasteiger partial charge in [0.1, 0.15) is 5.75 Å². The van der Waals surface area contributed by atoms with Crippen LogP contribution in [0.3, 0.4) is 0 Å². The molecule has 0 atom stereocenters. The fourth-order valence-electron chi connectivity index (χ4n) is 2.44. The number of aromatic nitrogens is 2. The van der Waals surface area contributed by atoms with E-state index in [4.69, 9.17) is 4.74 Å². The molecule has 0 unspecified atom stereocenters. The van der Waals surface area contributed by atoms with E-state index in [9.17, 15) is 0 Å². The van der Waals surface area contributed by atoms with Crippen LogP contribution in [-0.2, 0) is 20.1 Å². The van der Waals surface area contributed by atoms with Crippen molar-refractivity contribution in [2.45, 2.75) is 33.9 Å². The van der Waals surface area contributed by atoms with Crippen molar-refractivity contribution in [2.75, 3.05) is 7.11 Å². The monoisotopic (exact) mass is 273 g/mol. The van der Waals surface area contributed by atoms with Gasteiger partial charge in [0.2, 0.25) is 0 Å². The number of methoxy groups -OCH3 is 1. The summed E-state index contributed by atoms with van der Waals surface area (Å²) in [4.78, 5) is 0. The fraction of sp³-hybridized carbons (Fsp3) is 0.438. The Labute approximate surface area is 120 Å². The number of benzene rings is 1. The van der Waals surface area contributed by atoms with Gasteiger partial charge in [-0.1, -0.05) is 17.7 Å². The highest BCUT2D eigenvalue weighted by Gasteiger charge is 2.09. The zero-order chi connectivity index (χ0) is 14.7. The van der Waals surface area contributed by atoms with Crippen molar-refractivity contribution in [3.8, 4) is 5.75 Å². The van der Waals surface area contributed by atoms with Gasteiger partial charge in [-0.15, -0.1) is 0 Å². The van der Waals surface area contributed by atoms with Crippen LogP contribution in [-0.4, -0.2) is 16.9 Å². The average molecular weight is 273 g/mol. The Bertz CT molecular complexity index is 602. The number of hydrogen-bond donors (Lipinski definition) is 1. The quantitative estimate of drug-likeness (QED) is 0.910. The molecule has 1 aromatic carbocycles. The van der Waals surface area contributed by atoms with Gasteiger partial charge < -0.3 is 10.1 Å². The Morgan fingerprint density at radius 2 is 1.95 bits per heavy atom. The second-order valence-corrected chi connectivity index (χ2v) is 5.19. The van der Waals surface area contributed by atoms with Crippen LogP contribution in [0.15, 0.2) is 18.2 Å². The minimum Gasteiger partial charge on any atom is -0.496 e. The Morgan fingerprint density at radius 3 is 2.55 bits per heavy atom. The van der Waals surface area contributed by atoms with E-state index in [2.05, 4.69) is 43.3 Å². The molecular formula is C16H23N3O. The molecule has 20 heavy (non-hydrogen) atoms. The Morgan fingerprint density at radius 1 is 1.20 bits per heavy atom. The predicted molar refractivity (Wildman–Crippen MR) is 81.0 cm³/mol. The summed E-state index contributed by atoms with van der Waals surface area (Å²) in [5.41, 5.74) is 6.02. The largest absolute Gasteiger partial charge is 0.496 e. The third-order valence-electron chi connectivity index (χ3n) is 3.71. The van der Waals surface area contributed by atoms with Crippen LogP contribution in [0, 0.1) is 20.8 Å². The van der Waals surface area contributed by atoms with E-state index in [1.165, 1.54) is 22.4 Å². The zero-order valence-electron chi connectivity index (χ0n) is 12.9. The van der Waals surface area contributed by atoms with E-state index in [1.807, 2.05) is 17.8 Å². The van der Waals surface area contributed by atoms with Crippen LogP contribution >= 0.6 is 0 Å². The smallest absolute Gasteiger partial charge is 0.123 e. The van der Waals surface area contributed by atoms with Gasteiger partial charge in [0.15, 0.2) is 0 Å². The molecule has 0 aliphatic carbocycles. The van der Waals surface area contributed by atoms with Crippen molar-refractivity contribution in [1.82, 2.24) is 15.1 Å². The molecule has 4 heteroatoms. The van der Waals surface area contributed by atoms with Crippen molar-refractivity contribution < 1.29 is 4.74 Å². The summed E-state index contributed by atoms with van der Waals surface area (Å²) in [5.74, 6) is 0.933. The summed E-state index contributed by atoms with van der Waals surface area (Å²) in [7, 11) is 3.69. The predicted octanol–water partition coefficient (Wildman–Crippen LogP) is 2.64. The minimum absolute atomic E-state index is 0.790. The van der Waals surface area contributed by atoms with Crippen LogP contribution < -0.4 is 10.1 Å². The van der Waals surface area contributed by atoms with Crippen LogP contribution in [0.25, 0.3) is 0 Å². The topological polar surface area (TPSA) is 39.1 Å². The summed E-state index contributed by atoms with van der Waals surface area (Å²) in [6.45, 7) is 7.86. The molecule has 0 amide bonds. The van der Waals surface area contributed by atoms with Crippen molar-refractivity contribution in [2.24, 2.45) is 7.05 Å². The molecule has 0 aliphatic rings. The Kier molecular flexibility index (Phi) is 4.45. The van der Waals surface area contributed by atoms with Gasteiger partial charge in [0.05, 0.1) is 12.8 Å². The SMILES string of the molecule is COc1ccc(C)cc1CNCc1c(C)nn(C)c1C. The molecule has 2 rings (SSSR count). The van der Waals surface area contributed by atoms with Crippen LogP contribution in [0.2, 0.25) is 0 Å². The first-order valence-electron chi connectivity index (χ1n) is 6.86. The molecule has 1 aromatic heterocycles. The van der Waals surface area contributed by atoms with Gasteiger partial charge in [-0.3, -0.25) is 4.68 Å². The number of ether oxygens (including phenoxy) is 1. The maximum absolute atomic E-state index is 5.40. The van der Waals surface area contributed by atoms with Gasteiger partial charge in [-0.05, 0) is 26.8 Å². The molecule has 0 fully saturated rings. The standard InChI is InChI=1S/C16H23N3O/c1-11-6-7-16(20-5)14(8-11)9-17-10-15-12(2)18-19(4)13(15)3/h6-8,17H,9-10H2,1-5H3. The van der Waals surface area contributed by atoms with E-state index < -0.39 is 0 Å². The maximum Gasteiger partial charge on any atom is 0.123 e. The van der Waals surface area contributed by atoms with Gasteiger partial charge in [0.25, 0.3) is 0 Å². The normalized spacial score (nSPS) is 10.8. The molecular weight excluding hydrogens is 250 g/mol. The highest BCUT2D eigenvalue weighted by Crippen LogP contribution is 2.19. The molecule has 4 nitrogen and oxygen atoms in total. The Hall–Kier alpha value is -1.81. The third kappa shape index (κ3) is 3.02. The lowest BCUT2D eigenvalue weighted by Crippen LogP contribution is -2.14. The highest BCUT2D eigenvalue weighted by atomic mass is 16.5. The molecule has 0 spiro atoms. The summed E-state index contributed by atoms with van der Waals surface area (Å²) < 4.78 is 7.33. The molecule has 0 saturated heterocycles. The maximum atomic E-state index is 5.40. The lowest BCUT2D eigenvalue weighted by atomic mass is 10.1.